The first-order chi connectivity index (χ1) is 9.01. The number of hydrogen-bond acceptors (Lipinski definition) is 3. The van der Waals surface area contributed by atoms with E-state index in [0.29, 0.717) is 12.1 Å². The lowest BCUT2D eigenvalue weighted by molar-refractivity contribution is -0.144. The summed E-state index contributed by atoms with van der Waals surface area (Å²) in [5, 5.41) is 0. The van der Waals surface area contributed by atoms with E-state index in [0.717, 1.165) is 25.9 Å². The first-order valence-corrected chi connectivity index (χ1v) is 7.85. The fourth-order valence-electron chi connectivity index (χ4n) is 3.47. The third kappa shape index (κ3) is 2.79. The summed E-state index contributed by atoms with van der Waals surface area (Å²) in [6, 6.07) is 0.856. The molecule has 0 bridgehead atoms. The molecule has 2 aliphatic heterocycles. The number of carbonyl (C=O) groups is 1. The average molecular weight is 267 g/mol. The Morgan fingerprint density at radius 3 is 2.58 bits per heavy atom. The van der Waals surface area contributed by atoms with Crippen molar-refractivity contribution in [2.45, 2.75) is 70.5 Å². The molecule has 4 nitrogen and oxygen atoms in total. The Hall–Kier alpha value is -0.610. The number of nitrogens with zero attached hydrogens (tertiary/aromatic N) is 2. The molecule has 0 aliphatic carbocycles. The lowest BCUT2D eigenvalue weighted by Crippen LogP contribution is -2.65. The SMILES string of the molecule is CCC(N)(CC)C(=O)N1CC2CCCCN2CC1C. The highest BCUT2D eigenvalue weighted by Gasteiger charge is 2.41. The van der Waals surface area contributed by atoms with Crippen molar-refractivity contribution >= 4 is 5.91 Å². The standard InChI is InChI=1S/C15H29N3O/c1-4-15(16,5-2)14(19)18-11-13-8-6-7-9-17(13)10-12(18)3/h12-13H,4-11,16H2,1-3H3. The highest BCUT2D eigenvalue weighted by atomic mass is 16.2. The van der Waals surface area contributed by atoms with Gasteiger partial charge in [0.15, 0.2) is 0 Å². The van der Waals surface area contributed by atoms with Gasteiger partial charge in [0.1, 0.15) is 0 Å². The summed E-state index contributed by atoms with van der Waals surface area (Å²) in [5.41, 5.74) is 5.63. The smallest absolute Gasteiger partial charge is 0.242 e. The summed E-state index contributed by atoms with van der Waals surface area (Å²) in [6.07, 6.45) is 5.28. The fraction of sp³-hybridized carbons (Fsp3) is 0.933. The van der Waals surface area contributed by atoms with E-state index in [2.05, 4.69) is 16.7 Å². The van der Waals surface area contributed by atoms with E-state index in [1.54, 1.807) is 0 Å². The molecule has 2 aliphatic rings. The zero-order valence-electron chi connectivity index (χ0n) is 12.7. The van der Waals surface area contributed by atoms with Crippen LogP contribution in [0.15, 0.2) is 0 Å². The van der Waals surface area contributed by atoms with Crippen LogP contribution in [0.2, 0.25) is 0 Å². The number of hydrogen-bond donors (Lipinski definition) is 1. The molecule has 110 valence electrons. The molecule has 2 unspecified atom stereocenters. The second-order valence-corrected chi connectivity index (χ2v) is 6.31. The maximum absolute atomic E-state index is 12.7. The van der Waals surface area contributed by atoms with E-state index in [1.807, 2.05) is 13.8 Å². The van der Waals surface area contributed by atoms with Crippen molar-refractivity contribution in [1.82, 2.24) is 9.80 Å². The van der Waals surface area contributed by atoms with Crippen molar-refractivity contribution in [3.63, 3.8) is 0 Å². The molecule has 0 radical (unpaired) electrons. The van der Waals surface area contributed by atoms with Gasteiger partial charge in [-0.15, -0.1) is 0 Å². The largest absolute Gasteiger partial charge is 0.336 e. The molecule has 2 heterocycles. The molecule has 0 aromatic rings. The molecular weight excluding hydrogens is 238 g/mol. The number of carbonyl (C=O) groups excluding carboxylic acids is 1. The van der Waals surface area contributed by atoms with Crippen molar-refractivity contribution in [2.75, 3.05) is 19.6 Å². The normalized spacial score (nSPS) is 29.2. The van der Waals surface area contributed by atoms with Crippen LogP contribution in [0.4, 0.5) is 0 Å². The quantitative estimate of drug-likeness (QED) is 0.845. The molecule has 2 fully saturated rings. The summed E-state index contributed by atoms with van der Waals surface area (Å²) in [6.45, 7) is 9.28. The lowest BCUT2D eigenvalue weighted by atomic mass is 9.89. The second-order valence-electron chi connectivity index (χ2n) is 6.31. The van der Waals surface area contributed by atoms with E-state index >= 15 is 0 Å². The molecular formula is C15H29N3O. The van der Waals surface area contributed by atoms with Crippen LogP contribution in [-0.4, -0.2) is 53.0 Å². The Morgan fingerprint density at radius 2 is 1.95 bits per heavy atom. The Kier molecular flexibility index (Phi) is 4.51. The van der Waals surface area contributed by atoms with E-state index in [9.17, 15) is 4.79 Å². The summed E-state index contributed by atoms with van der Waals surface area (Å²) in [7, 11) is 0. The molecule has 0 spiro atoms. The van der Waals surface area contributed by atoms with Crippen molar-refractivity contribution in [1.29, 1.82) is 0 Å². The predicted molar refractivity (Wildman–Crippen MR) is 77.9 cm³/mol. The first kappa shape index (κ1) is 14.8. The van der Waals surface area contributed by atoms with Crippen LogP contribution in [0.3, 0.4) is 0 Å². The van der Waals surface area contributed by atoms with Gasteiger partial charge >= 0.3 is 0 Å². The Balaban J connectivity index is 2.09. The zero-order chi connectivity index (χ0) is 14.0. The fourth-order valence-corrected chi connectivity index (χ4v) is 3.47. The minimum absolute atomic E-state index is 0.162. The van der Waals surface area contributed by atoms with Gasteiger partial charge in [-0.3, -0.25) is 9.69 Å². The van der Waals surface area contributed by atoms with Crippen molar-refractivity contribution in [3.05, 3.63) is 0 Å². The van der Waals surface area contributed by atoms with E-state index in [1.165, 1.54) is 25.8 Å². The van der Waals surface area contributed by atoms with Gasteiger partial charge in [0.2, 0.25) is 5.91 Å². The van der Waals surface area contributed by atoms with Gasteiger partial charge in [0.25, 0.3) is 0 Å². The van der Waals surface area contributed by atoms with Crippen LogP contribution in [0.1, 0.15) is 52.9 Å². The first-order valence-electron chi connectivity index (χ1n) is 7.85. The minimum atomic E-state index is -0.662. The third-order valence-electron chi connectivity index (χ3n) is 5.14. The van der Waals surface area contributed by atoms with Crippen LogP contribution >= 0.6 is 0 Å². The topological polar surface area (TPSA) is 49.6 Å². The summed E-state index contributed by atoms with van der Waals surface area (Å²) < 4.78 is 0. The molecule has 2 atom stereocenters. The van der Waals surface area contributed by atoms with Gasteiger partial charge in [-0.1, -0.05) is 20.3 Å². The van der Waals surface area contributed by atoms with E-state index in [4.69, 9.17) is 5.73 Å². The lowest BCUT2D eigenvalue weighted by Gasteiger charge is -2.49. The van der Waals surface area contributed by atoms with Gasteiger partial charge in [0.05, 0.1) is 5.54 Å². The Morgan fingerprint density at radius 1 is 1.26 bits per heavy atom. The van der Waals surface area contributed by atoms with Crippen molar-refractivity contribution in [2.24, 2.45) is 5.73 Å². The van der Waals surface area contributed by atoms with Crippen LogP contribution in [-0.2, 0) is 4.79 Å². The summed E-state index contributed by atoms with van der Waals surface area (Å²) in [4.78, 5) is 17.4. The average Bonchev–Trinajstić information content (AvgIpc) is 2.45. The second kappa shape index (κ2) is 5.80. The zero-order valence-corrected chi connectivity index (χ0v) is 12.7. The summed E-state index contributed by atoms with van der Waals surface area (Å²) in [5.74, 6) is 0.162. The predicted octanol–water partition coefficient (Wildman–Crippen LogP) is 1.59. The molecule has 2 N–H and O–H groups in total. The highest BCUT2D eigenvalue weighted by molar-refractivity contribution is 5.86. The number of fused-ring (bicyclic) bond motifs is 1. The van der Waals surface area contributed by atoms with E-state index < -0.39 is 5.54 Å². The molecule has 0 aromatic heterocycles. The van der Waals surface area contributed by atoms with Gasteiger partial charge in [-0.05, 0) is 39.2 Å². The number of amides is 1. The van der Waals surface area contributed by atoms with Crippen LogP contribution in [0.25, 0.3) is 0 Å². The van der Waals surface area contributed by atoms with Crippen LogP contribution < -0.4 is 5.73 Å². The number of rotatable bonds is 3. The third-order valence-corrected chi connectivity index (χ3v) is 5.14. The van der Waals surface area contributed by atoms with Crippen molar-refractivity contribution < 1.29 is 4.79 Å². The number of piperazine rings is 1. The van der Waals surface area contributed by atoms with Gasteiger partial charge in [-0.25, -0.2) is 0 Å². The van der Waals surface area contributed by atoms with Gasteiger partial charge < -0.3 is 10.6 Å². The maximum atomic E-state index is 12.7. The molecule has 4 heteroatoms. The molecule has 1 amide bonds. The highest BCUT2D eigenvalue weighted by Crippen LogP contribution is 2.26. The number of nitrogens with two attached hydrogens (primary N) is 1. The molecule has 2 saturated heterocycles. The minimum Gasteiger partial charge on any atom is -0.336 e. The Bertz CT molecular complexity index is 327. The molecule has 0 saturated carbocycles. The monoisotopic (exact) mass is 267 g/mol. The molecule has 0 aromatic carbocycles. The van der Waals surface area contributed by atoms with E-state index in [-0.39, 0.29) is 5.91 Å². The Labute approximate surface area is 117 Å². The van der Waals surface area contributed by atoms with Gasteiger partial charge in [0, 0.05) is 25.2 Å². The summed E-state index contributed by atoms with van der Waals surface area (Å²) >= 11 is 0. The van der Waals surface area contributed by atoms with Crippen molar-refractivity contribution in [3.8, 4) is 0 Å². The maximum Gasteiger partial charge on any atom is 0.242 e. The van der Waals surface area contributed by atoms with Crippen LogP contribution in [0, 0.1) is 0 Å². The molecule has 19 heavy (non-hydrogen) atoms. The van der Waals surface area contributed by atoms with Crippen LogP contribution in [0.5, 0.6) is 0 Å². The molecule has 2 rings (SSSR count). The number of piperidine rings is 1. The van der Waals surface area contributed by atoms with Gasteiger partial charge in [-0.2, -0.15) is 0 Å².